The molecule has 0 radical (unpaired) electrons. The lowest BCUT2D eigenvalue weighted by atomic mass is 9.71. The van der Waals surface area contributed by atoms with E-state index in [2.05, 4.69) is 21.6 Å². The number of nitrogens with one attached hydrogen (secondary N) is 2. The van der Waals surface area contributed by atoms with Gasteiger partial charge in [-0.3, -0.25) is 9.59 Å². The number of benzene rings is 1. The maximum absolute atomic E-state index is 13.4. The molecule has 2 N–H and O–H groups in total. The number of carbonyl (C=O) groups excluding carboxylic acids is 2. The van der Waals surface area contributed by atoms with Crippen LogP contribution in [0, 0.1) is 11.3 Å². The summed E-state index contributed by atoms with van der Waals surface area (Å²) < 4.78 is 5.81. The molecule has 2 amide bonds. The fourth-order valence-corrected chi connectivity index (χ4v) is 5.09. The standard InChI is InChI=1S/C21H25N3O3/c25-18-16-5-1-2-6-17(16)27-8-4-3-7-20(12-22-13-20)19(26)24-11-15-9-21(24,10-15)14-23-18/h1-6,15,22H,7-14H2,(H,23,25)/b4-3-. The second kappa shape index (κ2) is 6.09. The number of para-hydroxylation sites is 1. The smallest absolute Gasteiger partial charge is 0.255 e. The Morgan fingerprint density at radius 3 is 2.67 bits per heavy atom. The molecule has 6 nitrogen and oxygen atoms in total. The Balaban J connectivity index is 1.47. The zero-order valence-corrected chi connectivity index (χ0v) is 15.4. The van der Waals surface area contributed by atoms with E-state index >= 15 is 0 Å². The zero-order valence-electron chi connectivity index (χ0n) is 15.4. The minimum Gasteiger partial charge on any atom is -0.489 e. The highest BCUT2D eigenvalue weighted by atomic mass is 16.5. The second-order valence-corrected chi connectivity index (χ2v) is 8.46. The minimum absolute atomic E-state index is 0.135. The summed E-state index contributed by atoms with van der Waals surface area (Å²) in [7, 11) is 0. The normalized spacial score (nSPS) is 32.9. The minimum atomic E-state index is -0.340. The number of hydrogen-bond acceptors (Lipinski definition) is 4. The summed E-state index contributed by atoms with van der Waals surface area (Å²) in [6.45, 7) is 3.19. The molecule has 4 aliphatic heterocycles. The lowest BCUT2D eigenvalue weighted by Gasteiger charge is -2.48. The summed E-state index contributed by atoms with van der Waals surface area (Å²) in [4.78, 5) is 28.3. The third-order valence-corrected chi connectivity index (χ3v) is 6.70. The number of carbonyl (C=O) groups is 2. The molecule has 0 atom stereocenters. The van der Waals surface area contributed by atoms with Crippen molar-refractivity contribution in [1.82, 2.24) is 15.5 Å². The second-order valence-electron chi connectivity index (χ2n) is 8.46. The first-order chi connectivity index (χ1) is 13.1. The number of rotatable bonds is 0. The third-order valence-electron chi connectivity index (χ3n) is 6.70. The highest BCUT2D eigenvalue weighted by molar-refractivity contribution is 5.97. The van der Waals surface area contributed by atoms with Crippen LogP contribution in [0.15, 0.2) is 36.4 Å². The maximum atomic E-state index is 13.4. The van der Waals surface area contributed by atoms with E-state index in [0.29, 0.717) is 30.4 Å². The van der Waals surface area contributed by atoms with Gasteiger partial charge in [0.25, 0.3) is 5.91 Å². The molecule has 0 aromatic heterocycles. The van der Waals surface area contributed by atoms with Gasteiger partial charge in [-0.15, -0.1) is 0 Å². The molecule has 1 aliphatic carbocycles. The van der Waals surface area contributed by atoms with Crippen molar-refractivity contribution in [2.24, 2.45) is 11.3 Å². The van der Waals surface area contributed by atoms with Crippen molar-refractivity contribution in [3.8, 4) is 5.75 Å². The molecule has 5 aliphatic rings. The summed E-state index contributed by atoms with van der Waals surface area (Å²) in [5.41, 5.74) is 0.00201. The predicted octanol–water partition coefficient (Wildman–Crippen LogP) is 1.34. The van der Waals surface area contributed by atoms with Crippen LogP contribution in [0.5, 0.6) is 5.75 Å². The van der Waals surface area contributed by atoms with Gasteiger partial charge in [0.2, 0.25) is 5.91 Å². The van der Waals surface area contributed by atoms with E-state index in [9.17, 15) is 9.59 Å². The van der Waals surface area contributed by atoms with Gasteiger partial charge in [-0.2, -0.15) is 0 Å². The average Bonchev–Trinajstić information content (AvgIpc) is 3.16. The first kappa shape index (κ1) is 16.8. The van der Waals surface area contributed by atoms with Crippen LogP contribution in [0.4, 0.5) is 0 Å². The number of hydrogen-bond donors (Lipinski definition) is 2. The van der Waals surface area contributed by atoms with Crippen LogP contribution in [0.25, 0.3) is 0 Å². The number of nitrogens with zero attached hydrogens (tertiary/aromatic N) is 1. The average molecular weight is 367 g/mol. The van der Waals surface area contributed by atoms with Gasteiger partial charge in [-0.05, 0) is 37.3 Å². The summed E-state index contributed by atoms with van der Waals surface area (Å²) in [6, 6.07) is 7.33. The van der Waals surface area contributed by atoms with Gasteiger partial charge < -0.3 is 20.3 Å². The van der Waals surface area contributed by atoms with Crippen molar-refractivity contribution in [3.63, 3.8) is 0 Å². The number of fused-ring (bicyclic) bond motifs is 1. The van der Waals surface area contributed by atoms with E-state index in [1.807, 2.05) is 24.3 Å². The predicted molar refractivity (Wildman–Crippen MR) is 100 cm³/mol. The Morgan fingerprint density at radius 1 is 1.07 bits per heavy atom. The molecule has 6 rings (SSSR count). The highest BCUT2D eigenvalue weighted by Crippen LogP contribution is 2.52. The lowest BCUT2D eigenvalue weighted by Crippen LogP contribution is -2.65. The van der Waals surface area contributed by atoms with Crippen molar-refractivity contribution >= 4 is 11.8 Å². The quantitative estimate of drug-likeness (QED) is 0.679. The fraction of sp³-hybridized carbons (Fsp3) is 0.524. The van der Waals surface area contributed by atoms with Crippen LogP contribution in [0.1, 0.15) is 29.6 Å². The molecule has 1 aromatic rings. The molecule has 2 bridgehead atoms. The van der Waals surface area contributed by atoms with Gasteiger partial charge >= 0.3 is 0 Å². The number of allylic oxidation sites excluding steroid dienone is 1. The summed E-state index contributed by atoms with van der Waals surface area (Å²) in [5.74, 6) is 1.29. The molecular formula is C21H25N3O3. The van der Waals surface area contributed by atoms with E-state index in [1.54, 1.807) is 6.07 Å². The van der Waals surface area contributed by atoms with Crippen LogP contribution in [0.2, 0.25) is 0 Å². The topological polar surface area (TPSA) is 70.7 Å². The molecule has 27 heavy (non-hydrogen) atoms. The molecule has 4 fully saturated rings. The Labute approximate surface area is 158 Å². The summed E-state index contributed by atoms with van der Waals surface area (Å²) >= 11 is 0. The van der Waals surface area contributed by atoms with Crippen molar-refractivity contribution in [2.75, 3.05) is 32.8 Å². The molecule has 142 valence electrons. The van der Waals surface area contributed by atoms with E-state index in [1.165, 1.54) is 0 Å². The SMILES string of the molecule is O=C1NCC23CC(CN2C(=O)C2(C/C=C\COc4ccccc41)CNC2)C3. The number of ether oxygens (including phenoxy) is 1. The first-order valence-electron chi connectivity index (χ1n) is 9.80. The van der Waals surface area contributed by atoms with E-state index in [0.717, 1.165) is 38.9 Å². The van der Waals surface area contributed by atoms with E-state index in [4.69, 9.17) is 4.74 Å². The Bertz CT molecular complexity index is 809. The van der Waals surface area contributed by atoms with Gasteiger partial charge in [0.15, 0.2) is 0 Å². The lowest BCUT2D eigenvalue weighted by molar-refractivity contribution is -0.149. The largest absolute Gasteiger partial charge is 0.489 e. The molecule has 1 saturated carbocycles. The van der Waals surface area contributed by atoms with Gasteiger partial charge in [0.05, 0.1) is 16.5 Å². The molecule has 4 heterocycles. The van der Waals surface area contributed by atoms with Crippen LogP contribution in [-0.4, -0.2) is 55.0 Å². The molecule has 3 saturated heterocycles. The van der Waals surface area contributed by atoms with Crippen molar-refractivity contribution in [3.05, 3.63) is 42.0 Å². The van der Waals surface area contributed by atoms with E-state index in [-0.39, 0.29) is 22.8 Å². The third kappa shape index (κ3) is 2.57. The van der Waals surface area contributed by atoms with Crippen LogP contribution in [-0.2, 0) is 4.79 Å². The van der Waals surface area contributed by atoms with Gasteiger partial charge in [-0.1, -0.05) is 24.3 Å². The van der Waals surface area contributed by atoms with Crippen LogP contribution < -0.4 is 15.4 Å². The Morgan fingerprint density at radius 2 is 1.89 bits per heavy atom. The fourth-order valence-electron chi connectivity index (χ4n) is 5.09. The molecule has 6 heteroatoms. The monoisotopic (exact) mass is 367 g/mol. The highest BCUT2D eigenvalue weighted by Gasteiger charge is 2.61. The van der Waals surface area contributed by atoms with Gasteiger partial charge in [0.1, 0.15) is 12.4 Å². The molecule has 1 aromatic carbocycles. The van der Waals surface area contributed by atoms with Crippen molar-refractivity contribution in [1.29, 1.82) is 0 Å². The first-order valence-corrected chi connectivity index (χ1v) is 9.80. The summed E-state index contributed by atoms with van der Waals surface area (Å²) in [6.07, 6.45) is 6.73. The van der Waals surface area contributed by atoms with Crippen molar-refractivity contribution in [2.45, 2.75) is 24.8 Å². The number of amides is 2. The molecule has 0 unspecified atom stereocenters. The van der Waals surface area contributed by atoms with Crippen LogP contribution >= 0.6 is 0 Å². The Hall–Kier alpha value is -2.34. The Kier molecular flexibility index (Phi) is 3.79. The van der Waals surface area contributed by atoms with Gasteiger partial charge in [0, 0.05) is 26.2 Å². The van der Waals surface area contributed by atoms with Crippen LogP contribution in [0.3, 0.4) is 0 Å². The van der Waals surface area contributed by atoms with E-state index < -0.39 is 0 Å². The maximum Gasteiger partial charge on any atom is 0.255 e. The van der Waals surface area contributed by atoms with Gasteiger partial charge in [-0.25, -0.2) is 0 Å². The molecular weight excluding hydrogens is 342 g/mol. The zero-order chi connectivity index (χ0) is 18.5. The molecule has 2 spiro atoms. The van der Waals surface area contributed by atoms with Crippen molar-refractivity contribution < 1.29 is 14.3 Å². The summed E-state index contributed by atoms with van der Waals surface area (Å²) in [5, 5.41) is 6.36.